The van der Waals surface area contributed by atoms with Gasteiger partial charge in [0.05, 0.1) is 22.2 Å². The molecule has 3 N–H and O–H groups in total. The highest BCUT2D eigenvalue weighted by Crippen LogP contribution is 2.20. The van der Waals surface area contributed by atoms with Crippen LogP contribution in [-0.2, 0) is 19.3 Å². The molecule has 0 fully saturated rings. The van der Waals surface area contributed by atoms with Crippen molar-refractivity contribution in [3.8, 4) is 5.75 Å². The van der Waals surface area contributed by atoms with Gasteiger partial charge in [-0.1, -0.05) is 26.0 Å². The van der Waals surface area contributed by atoms with Gasteiger partial charge in [-0.3, -0.25) is 5.41 Å². The maximum Gasteiger partial charge on any atom is 0.135 e. The summed E-state index contributed by atoms with van der Waals surface area (Å²) >= 11 is 1.49. The molecule has 0 aliphatic heterocycles. The van der Waals surface area contributed by atoms with Crippen molar-refractivity contribution in [2.75, 3.05) is 6.61 Å². The second-order valence-corrected chi connectivity index (χ2v) is 5.83. The van der Waals surface area contributed by atoms with Crippen LogP contribution in [-0.4, -0.2) is 17.4 Å². The Morgan fingerprint density at radius 1 is 1.24 bits per heavy atom. The van der Waals surface area contributed by atoms with Gasteiger partial charge in [-0.2, -0.15) is 0 Å². The van der Waals surface area contributed by atoms with Crippen molar-refractivity contribution < 1.29 is 4.74 Å². The lowest BCUT2D eigenvalue weighted by Gasteiger charge is -2.05. The van der Waals surface area contributed by atoms with E-state index in [9.17, 15) is 0 Å². The van der Waals surface area contributed by atoms with Crippen LogP contribution in [0.3, 0.4) is 0 Å². The van der Waals surface area contributed by atoms with Crippen LogP contribution in [0.1, 0.15) is 35.0 Å². The minimum absolute atomic E-state index is 0.103. The lowest BCUT2D eigenvalue weighted by molar-refractivity contribution is 0.321. The Balaban J connectivity index is 1.92. The third-order valence-electron chi connectivity index (χ3n) is 3.24. The predicted molar refractivity (Wildman–Crippen MR) is 87.5 cm³/mol. The molecule has 0 saturated carbocycles. The van der Waals surface area contributed by atoms with Crippen LogP contribution in [0, 0.1) is 5.41 Å². The normalized spacial score (nSPS) is 10.6. The molecule has 1 heterocycles. The molecule has 0 aliphatic rings. The summed E-state index contributed by atoms with van der Waals surface area (Å²) < 4.78 is 5.73. The number of aryl methyl sites for hydroxylation is 2. The van der Waals surface area contributed by atoms with E-state index >= 15 is 0 Å². The van der Waals surface area contributed by atoms with E-state index in [4.69, 9.17) is 15.9 Å². The van der Waals surface area contributed by atoms with Crippen molar-refractivity contribution in [2.24, 2.45) is 5.73 Å². The highest BCUT2D eigenvalue weighted by molar-refractivity contribution is 7.13. The van der Waals surface area contributed by atoms with Gasteiger partial charge in [-0.05, 0) is 30.5 Å². The van der Waals surface area contributed by atoms with E-state index in [2.05, 4.69) is 24.0 Å². The van der Waals surface area contributed by atoms with E-state index in [-0.39, 0.29) is 5.84 Å². The number of thiazole rings is 1. The van der Waals surface area contributed by atoms with Crippen molar-refractivity contribution in [3.63, 3.8) is 0 Å². The fourth-order valence-electron chi connectivity index (χ4n) is 2.04. The van der Waals surface area contributed by atoms with Gasteiger partial charge in [0.25, 0.3) is 0 Å². The Hall–Kier alpha value is -1.88. The van der Waals surface area contributed by atoms with Gasteiger partial charge in [0.2, 0.25) is 0 Å². The van der Waals surface area contributed by atoms with Crippen LogP contribution in [0.2, 0.25) is 0 Å². The van der Waals surface area contributed by atoms with E-state index in [0.29, 0.717) is 6.61 Å². The maximum absolute atomic E-state index is 7.56. The molecule has 0 radical (unpaired) electrons. The van der Waals surface area contributed by atoms with Crippen molar-refractivity contribution >= 4 is 17.2 Å². The summed E-state index contributed by atoms with van der Waals surface area (Å²) in [5, 5.41) is 8.53. The summed E-state index contributed by atoms with van der Waals surface area (Å²) in [7, 11) is 0. The number of hydrogen-bond donors (Lipinski definition) is 2. The van der Waals surface area contributed by atoms with Crippen LogP contribution >= 0.6 is 11.3 Å². The number of nitrogens with two attached hydrogens (primary N) is 1. The first kappa shape index (κ1) is 15.5. The van der Waals surface area contributed by atoms with Crippen molar-refractivity contribution in [3.05, 3.63) is 45.4 Å². The molecule has 0 atom stereocenters. The molecule has 2 rings (SSSR count). The second kappa shape index (κ2) is 7.22. The number of aromatic nitrogens is 1. The van der Waals surface area contributed by atoms with Crippen LogP contribution < -0.4 is 10.5 Å². The Bertz CT molecular complexity index is 604. The Labute approximate surface area is 129 Å². The lowest BCUT2D eigenvalue weighted by atomic mass is 10.2. The Morgan fingerprint density at radius 3 is 2.48 bits per heavy atom. The van der Waals surface area contributed by atoms with Crippen LogP contribution in [0.4, 0.5) is 0 Å². The number of nitrogen functional groups attached to an aromatic ring is 1. The van der Waals surface area contributed by atoms with Gasteiger partial charge in [0.1, 0.15) is 11.6 Å². The average molecular weight is 303 g/mol. The Kier molecular flexibility index (Phi) is 5.33. The largest absolute Gasteiger partial charge is 0.493 e. The lowest BCUT2D eigenvalue weighted by Crippen LogP contribution is -2.11. The minimum atomic E-state index is 0.103. The molecule has 0 spiro atoms. The molecule has 21 heavy (non-hydrogen) atoms. The van der Waals surface area contributed by atoms with Crippen LogP contribution in [0.15, 0.2) is 24.3 Å². The molecule has 1 aromatic heterocycles. The summed E-state index contributed by atoms with van der Waals surface area (Å²) in [5.74, 6) is 0.984. The highest BCUT2D eigenvalue weighted by atomic mass is 32.1. The summed E-state index contributed by atoms with van der Waals surface area (Å²) in [5.41, 5.74) is 7.79. The van der Waals surface area contributed by atoms with Crippen molar-refractivity contribution in [1.82, 2.24) is 4.98 Å². The fraction of sp³-hybridized carbons (Fsp3) is 0.375. The van der Waals surface area contributed by atoms with Gasteiger partial charge < -0.3 is 10.5 Å². The molecule has 0 amide bonds. The number of nitrogens with one attached hydrogen (secondary N) is 1. The standard InChI is InChI=1S/C16H21N3OS/c1-3-11-5-7-12(8-6-11)20-10-9-14-19-13(4-2)15(21-14)16(17)18/h5-8H,3-4,9-10H2,1-2H3,(H3,17,18). The molecule has 0 unspecified atom stereocenters. The first-order valence-electron chi connectivity index (χ1n) is 7.18. The van der Waals surface area contributed by atoms with E-state index in [1.807, 2.05) is 19.1 Å². The molecule has 0 saturated heterocycles. The SMILES string of the molecule is CCc1ccc(OCCc2nc(CC)c(C(=N)N)s2)cc1. The molecular formula is C16H21N3OS. The van der Waals surface area contributed by atoms with Gasteiger partial charge in [-0.15, -0.1) is 11.3 Å². The summed E-state index contributed by atoms with van der Waals surface area (Å²) in [6, 6.07) is 8.17. The summed E-state index contributed by atoms with van der Waals surface area (Å²) in [4.78, 5) is 5.32. The summed E-state index contributed by atoms with van der Waals surface area (Å²) in [6.07, 6.45) is 2.57. The number of ether oxygens (including phenoxy) is 1. The smallest absolute Gasteiger partial charge is 0.135 e. The number of hydrogen-bond acceptors (Lipinski definition) is 4. The quantitative estimate of drug-likeness (QED) is 0.609. The van der Waals surface area contributed by atoms with E-state index < -0.39 is 0 Å². The van der Waals surface area contributed by atoms with E-state index in [1.165, 1.54) is 16.9 Å². The van der Waals surface area contributed by atoms with E-state index in [0.717, 1.165) is 40.6 Å². The third kappa shape index (κ3) is 4.04. The average Bonchev–Trinajstić information content (AvgIpc) is 2.91. The zero-order valence-electron chi connectivity index (χ0n) is 12.5. The molecule has 2 aromatic rings. The highest BCUT2D eigenvalue weighted by Gasteiger charge is 2.11. The van der Waals surface area contributed by atoms with Crippen LogP contribution in [0.25, 0.3) is 0 Å². The topological polar surface area (TPSA) is 72.0 Å². The molecule has 4 nitrogen and oxygen atoms in total. The zero-order chi connectivity index (χ0) is 15.2. The molecule has 112 valence electrons. The molecule has 1 aromatic carbocycles. The zero-order valence-corrected chi connectivity index (χ0v) is 13.3. The third-order valence-corrected chi connectivity index (χ3v) is 4.43. The number of nitrogens with zero attached hydrogens (tertiary/aromatic N) is 1. The second-order valence-electron chi connectivity index (χ2n) is 4.75. The van der Waals surface area contributed by atoms with Gasteiger partial charge in [0.15, 0.2) is 0 Å². The molecule has 0 bridgehead atoms. The maximum atomic E-state index is 7.56. The Morgan fingerprint density at radius 2 is 1.95 bits per heavy atom. The monoisotopic (exact) mass is 303 g/mol. The van der Waals surface area contributed by atoms with Crippen molar-refractivity contribution in [2.45, 2.75) is 33.1 Å². The number of benzene rings is 1. The van der Waals surface area contributed by atoms with Gasteiger partial charge in [-0.25, -0.2) is 4.98 Å². The first-order valence-corrected chi connectivity index (χ1v) is 8.00. The van der Waals surface area contributed by atoms with Gasteiger partial charge >= 0.3 is 0 Å². The fourth-order valence-corrected chi connectivity index (χ4v) is 3.03. The van der Waals surface area contributed by atoms with Crippen molar-refractivity contribution in [1.29, 1.82) is 5.41 Å². The minimum Gasteiger partial charge on any atom is -0.493 e. The predicted octanol–water partition coefficient (Wildman–Crippen LogP) is 3.17. The molecule has 0 aliphatic carbocycles. The number of rotatable bonds is 7. The molecular weight excluding hydrogens is 282 g/mol. The van der Waals surface area contributed by atoms with Gasteiger partial charge in [0, 0.05) is 6.42 Å². The first-order chi connectivity index (χ1) is 10.1. The number of amidine groups is 1. The molecule has 5 heteroatoms. The van der Waals surface area contributed by atoms with E-state index in [1.54, 1.807) is 0 Å². The summed E-state index contributed by atoms with van der Waals surface area (Å²) in [6.45, 7) is 4.74. The van der Waals surface area contributed by atoms with Crippen LogP contribution in [0.5, 0.6) is 5.75 Å².